The van der Waals surface area contributed by atoms with Crippen LogP contribution in [0.2, 0.25) is 0 Å². The van der Waals surface area contributed by atoms with Gasteiger partial charge in [-0.1, -0.05) is 0 Å². The van der Waals surface area contributed by atoms with E-state index in [1.165, 1.54) is 0 Å². The first-order chi connectivity index (χ1) is 8.62. The van der Waals surface area contributed by atoms with Crippen molar-refractivity contribution >= 4 is 0 Å². The minimum Gasteiger partial charge on any atom is -0.383 e. The summed E-state index contributed by atoms with van der Waals surface area (Å²) < 4.78 is 16.3. The predicted molar refractivity (Wildman–Crippen MR) is 71.7 cm³/mol. The third-order valence-corrected chi connectivity index (χ3v) is 4.06. The maximum Gasteiger partial charge on any atom is 0.0743 e. The summed E-state index contributed by atoms with van der Waals surface area (Å²) in [5, 5.41) is 0. The highest BCUT2D eigenvalue weighted by Crippen LogP contribution is 2.32. The van der Waals surface area contributed by atoms with Gasteiger partial charge in [0.15, 0.2) is 0 Å². The zero-order valence-electron chi connectivity index (χ0n) is 12.1. The molecule has 1 aliphatic heterocycles. The topological polar surface area (TPSA) is 57.0 Å². The highest BCUT2D eigenvalue weighted by molar-refractivity contribution is 5.02. The van der Waals surface area contributed by atoms with E-state index in [0.29, 0.717) is 25.8 Å². The van der Waals surface area contributed by atoms with E-state index in [0.717, 1.165) is 19.6 Å². The molecule has 0 aromatic rings. The van der Waals surface area contributed by atoms with E-state index in [4.69, 9.17) is 19.9 Å². The molecular formula is C13H28N2O3. The molecule has 0 amide bonds. The molecule has 108 valence electrons. The molecule has 2 N–H and O–H groups in total. The molecule has 0 bridgehead atoms. The van der Waals surface area contributed by atoms with Gasteiger partial charge in [-0.15, -0.1) is 0 Å². The fourth-order valence-corrected chi connectivity index (χ4v) is 2.94. The maximum atomic E-state index is 6.06. The highest BCUT2D eigenvalue weighted by Gasteiger charge is 2.46. The second-order valence-corrected chi connectivity index (χ2v) is 5.06. The zero-order chi connectivity index (χ0) is 13.6. The van der Waals surface area contributed by atoms with Crippen molar-refractivity contribution in [3.05, 3.63) is 0 Å². The number of rotatable bonds is 8. The molecule has 0 aromatic carbocycles. The zero-order valence-corrected chi connectivity index (χ0v) is 12.1. The van der Waals surface area contributed by atoms with E-state index < -0.39 is 0 Å². The Kier molecular flexibility index (Phi) is 6.52. The van der Waals surface area contributed by atoms with Crippen molar-refractivity contribution in [3.8, 4) is 0 Å². The fraction of sp³-hybridized carbons (Fsp3) is 1.00. The van der Waals surface area contributed by atoms with Gasteiger partial charge < -0.3 is 19.9 Å². The van der Waals surface area contributed by atoms with Gasteiger partial charge in [-0.2, -0.15) is 0 Å². The van der Waals surface area contributed by atoms with E-state index in [-0.39, 0.29) is 11.6 Å². The average Bonchev–Trinajstić information content (AvgIpc) is 2.73. The molecule has 0 radical (unpaired) electrons. The molecule has 18 heavy (non-hydrogen) atoms. The molecule has 0 saturated carbocycles. The summed E-state index contributed by atoms with van der Waals surface area (Å²) in [6, 6.07) is 0.304. The minimum atomic E-state index is -0.0868. The Morgan fingerprint density at radius 2 is 2.17 bits per heavy atom. The van der Waals surface area contributed by atoms with Crippen molar-refractivity contribution in [1.82, 2.24) is 4.90 Å². The summed E-state index contributed by atoms with van der Waals surface area (Å²) in [6.07, 6.45) is 1.13. The molecule has 5 nitrogen and oxygen atoms in total. The van der Waals surface area contributed by atoms with Gasteiger partial charge in [-0.05, 0) is 20.3 Å². The fourth-order valence-electron chi connectivity index (χ4n) is 2.94. The summed E-state index contributed by atoms with van der Waals surface area (Å²) in [6.45, 7) is 7.90. The molecule has 3 atom stereocenters. The third-order valence-electron chi connectivity index (χ3n) is 4.06. The minimum absolute atomic E-state index is 0.0868. The second kappa shape index (κ2) is 7.40. The lowest BCUT2D eigenvalue weighted by Gasteiger charge is -2.45. The van der Waals surface area contributed by atoms with Crippen LogP contribution >= 0.6 is 0 Å². The molecule has 1 aliphatic rings. The third kappa shape index (κ3) is 3.22. The average molecular weight is 260 g/mol. The van der Waals surface area contributed by atoms with Crippen molar-refractivity contribution in [1.29, 1.82) is 0 Å². The van der Waals surface area contributed by atoms with Crippen LogP contribution in [0.25, 0.3) is 0 Å². The first-order valence-corrected chi connectivity index (χ1v) is 6.68. The lowest BCUT2D eigenvalue weighted by Crippen LogP contribution is -2.62. The molecule has 1 saturated heterocycles. The molecule has 1 fully saturated rings. The summed E-state index contributed by atoms with van der Waals surface area (Å²) >= 11 is 0. The first kappa shape index (κ1) is 15.9. The lowest BCUT2D eigenvalue weighted by atomic mass is 9.88. The van der Waals surface area contributed by atoms with Crippen molar-refractivity contribution in [2.45, 2.75) is 38.0 Å². The van der Waals surface area contributed by atoms with E-state index in [9.17, 15) is 0 Å². The van der Waals surface area contributed by atoms with Gasteiger partial charge in [0.2, 0.25) is 0 Å². The van der Waals surface area contributed by atoms with Crippen molar-refractivity contribution in [2.75, 3.05) is 47.1 Å². The van der Waals surface area contributed by atoms with E-state index >= 15 is 0 Å². The molecule has 3 unspecified atom stereocenters. The molecule has 1 heterocycles. The van der Waals surface area contributed by atoms with E-state index in [1.807, 2.05) is 0 Å². The SMILES string of the molecule is COCCN(C(C)COC)C1(CN)CCOC1C. The maximum absolute atomic E-state index is 6.06. The van der Waals surface area contributed by atoms with Crippen LogP contribution in [-0.2, 0) is 14.2 Å². The smallest absolute Gasteiger partial charge is 0.0743 e. The standard InChI is InChI=1S/C13H28N2O3/c1-11(9-17-4)15(6-8-16-3)13(10-14)5-7-18-12(13)2/h11-12H,5-10,14H2,1-4H3. The van der Waals surface area contributed by atoms with Crippen molar-refractivity contribution in [3.63, 3.8) is 0 Å². The Bertz CT molecular complexity index is 240. The van der Waals surface area contributed by atoms with Crippen LogP contribution in [0.3, 0.4) is 0 Å². The van der Waals surface area contributed by atoms with Crippen molar-refractivity contribution in [2.24, 2.45) is 5.73 Å². The molecule has 5 heteroatoms. The largest absolute Gasteiger partial charge is 0.383 e. The normalized spacial score (nSPS) is 30.0. The monoisotopic (exact) mass is 260 g/mol. The first-order valence-electron chi connectivity index (χ1n) is 6.68. The van der Waals surface area contributed by atoms with Crippen LogP contribution in [0.15, 0.2) is 0 Å². The highest BCUT2D eigenvalue weighted by atomic mass is 16.5. The number of nitrogens with zero attached hydrogens (tertiary/aromatic N) is 1. The van der Waals surface area contributed by atoms with E-state index in [2.05, 4.69) is 18.7 Å². The summed E-state index contributed by atoms with van der Waals surface area (Å²) in [5.41, 5.74) is 5.98. The summed E-state index contributed by atoms with van der Waals surface area (Å²) in [5.74, 6) is 0. The number of methoxy groups -OCH3 is 2. The summed E-state index contributed by atoms with van der Waals surface area (Å²) in [4.78, 5) is 2.40. The van der Waals surface area contributed by atoms with Crippen LogP contribution in [-0.4, -0.2) is 69.7 Å². The molecule has 0 aromatic heterocycles. The Morgan fingerprint density at radius 1 is 1.44 bits per heavy atom. The van der Waals surface area contributed by atoms with E-state index in [1.54, 1.807) is 14.2 Å². The number of hydrogen-bond donors (Lipinski definition) is 1. The van der Waals surface area contributed by atoms with Gasteiger partial charge in [0, 0.05) is 40.0 Å². The summed E-state index contributed by atoms with van der Waals surface area (Å²) in [7, 11) is 3.46. The molecular weight excluding hydrogens is 232 g/mol. The van der Waals surface area contributed by atoms with Gasteiger partial charge in [0.25, 0.3) is 0 Å². The molecule has 0 spiro atoms. The van der Waals surface area contributed by atoms with Gasteiger partial charge >= 0.3 is 0 Å². The molecule has 1 rings (SSSR count). The number of hydrogen-bond acceptors (Lipinski definition) is 5. The van der Waals surface area contributed by atoms with Gasteiger partial charge in [-0.3, -0.25) is 4.90 Å². The quantitative estimate of drug-likeness (QED) is 0.688. The number of ether oxygens (including phenoxy) is 3. The van der Waals surface area contributed by atoms with Crippen LogP contribution in [0.4, 0.5) is 0 Å². The van der Waals surface area contributed by atoms with Crippen LogP contribution < -0.4 is 5.73 Å². The second-order valence-electron chi connectivity index (χ2n) is 5.06. The molecule has 0 aliphatic carbocycles. The van der Waals surface area contributed by atoms with Gasteiger partial charge in [0.05, 0.1) is 24.9 Å². The predicted octanol–water partition coefficient (Wildman–Crippen LogP) is 0.476. The Balaban J connectivity index is 2.84. The van der Waals surface area contributed by atoms with Crippen LogP contribution in [0.1, 0.15) is 20.3 Å². The number of nitrogens with two attached hydrogens (primary N) is 1. The van der Waals surface area contributed by atoms with Gasteiger partial charge in [0.1, 0.15) is 0 Å². The Morgan fingerprint density at radius 3 is 2.61 bits per heavy atom. The van der Waals surface area contributed by atoms with Crippen LogP contribution in [0.5, 0.6) is 0 Å². The van der Waals surface area contributed by atoms with Gasteiger partial charge in [-0.25, -0.2) is 0 Å². The van der Waals surface area contributed by atoms with Crippen LogP contribution in [0, 0.1) is 0 Å². The Labute approximate surface area is 111 Å². The lowest BCUT2D eigenvalue weighted by molar-refractivity contribution is -0.0353. The van der Waals surface area contributed by atoms with Crippen molar-refractivity contribution < 1.29 is 14.2 Å². The Hall–Kier alpha value is -0.200.